The molecule has 0 atom stereocenters. The molecule has 36 heavy (non-hydrogen) atoms. The molecule has 0 aromatic heterocycles. The molecule has 0 spiro atoms. The summed E-state index contributed by atoms with van der Waals surface area (Å²) in [5.41, 5.74) is 0. The van der Waals surface area contributed by atoms with E-state index in [0.717, 1.165) is 33.7 Å². The van der Waals surface area contributed by atoms with Crippen molar-refractivity contribution in [3.8, 4) is 11.5 Å². The van der Waals surface area contributed by atoms with Gasteiger partial charge < -0.3 is 28.4 Å². The van der Waals surface area contributed by atoms with Gasteiger partial charge in [-0.15, -0.1) is 0 Å². The molecule has 0 aliphatic carbocycles. The number of carbonyl (C=O) groups excluding carboxylic acids is 2. The summed E-state index contributed by atoms with van der Waals surface area (Å²) in [7, 11) is 0. The molecule has 0 N–H and O–H groups in total. The highest BCUT2D eigenvalue weighted by Gasteiger charge is 2.10. The Morgan fingerprint density at radius 1 is 0.611 bits per heavy atom. The molecule has 8 nitrogen and oxygen atoms in total. The van der Waals surface area contributed by atoms with Gasteiger partial charge >= 0.3 is 11.9 Å². The summed E-state index contributed by atoms with van der Waals surface area (Å²) in [6.07, 6.45) is 2.23. The SMILES string of the molecule is C=CC(=O)OCCOCCOc1ccc(OCCOCCOC(=O)C=C)c2cc3ccccc3cc12. The van der Waals surface area contributed by atoms with Crippen molar-refractivity contribution in [1.82, 2.24) is 0 Å². The number of rotatable bonds is 16. The first-order valence-corrected chi connectivity index (χ1v) is 11.6. The lowest BCUT2D eigenvalue weighted by Crippen LogP contribution is -2.13. The van der Waals surface area contributed by atoms with Crippen LogP contribution in [-0.4, -0.2) is 64.8 Å². The summed E-state index contributed by atoms with van der Waals surface area (Å²) in [5.74, 6) is 0.475. The molecule has 0 radical (unpaired) electrons. The maximum Gasteiger partial charge on any atom is 0.330 e. The van der Waals surface area contributed by atoms with Crippen molar-refractivity contribution in [3.05, 3.63) is 73.8 Å². The van der Waals surface area contributed by atoms with E-state index in [-0.39, 0.29) is 26.4 Å². The van der Waals surface area contributed by atoms with Crippen molar-refractivity contribution >= 4 is 33.5 Å². The van der Waals surface area contributed by atoms with Gasteiger partial charge in [0.1, 0.15) is 37.9 Å². The molecule has 3 rings (SSSR count). The van der Waals surface area contributed by atoms with Gasteiger partial charge in [-0.3, -0.25) is 0 Å². The van der Waals surface area contributed by atoms with Crippen LogP contribution in [0.1, 0.15) is 0 Å². The number of hydrogen-bond acceptors (Lipinski definition) is 8. The Labute approximate surface area is 210 Å². The third-order valence-corrected chi connectivity index (χ3v) is 5.05. The average molecular weight is 495 g/mol. The number of hydrogen-bond donors (Lipinski definition) is 0. The molecule has 0 amide bonds. The van der Waals surface area contributed by atoms with Crippen LogP contribution in [0.4, 0.5) is 0 Å². The van der Waals surface area contributed by atoms with Gasteiger partial charge in [-0.1, -0.05) is 37.4 Å². The number of carbonyl (C=O) groups is 2. The highest BCUT2D eigenvalue weighted by Crippen LogP contribution is 2.36. The predicted octanol–water partition coefficient (Wildman–Crippen LogP) is 4.24. The van der Waals surface area contributed by atoms with Gasteiger partial charge in [0.05, 0.1) is 26.4 Å². The summed E-state index contributed by atoms with van der Waals surface area (Å²) < 4.78 is 32.7. The van der Waals surface area contributed by atoms with E-state index in [1.165, 1.54) is 0 Å². The lowest BCUT2D eigenvalue weighted by atomic mass is 10.0. The topological polar surface area (TPSA) is 89.5 Å². The molecule has 8 heteroatoms. The lowest BCUT2D eigenvalue weighted by molar-refractivity contribution is -0.140. The Kier molecular flexibility index (Phi) is 10.8. The molecule has 0 saturated carbocycles. The highest BCUT2D eigenvalue weighted by atomic mass is 16.6. The maximum atomic E-state index is 11.0. The van der Waals surface area contributed by atoms with Crippen molar-refractivity contribution in [2.75, 3.05) is 52.9 Å². The molecule has 0 aliphatic rings. The van der Waals surface area contributed by atoms with Gasteiger partial charge in [-0.25, -0.2) is 9.59 Å². The second kappa shape index (κ2) is 14.5. The van der Waals surface area contributed by atoms with Crippen LogP contribution >= 0.6 is 0 Å². The number of fused-ring (bicyclic) bond motifs is 2. The number of benzene rings is 3. The van der Waals surface area contributed by atoms with E-state index in [2.05, 4.69) is 25.3 Å². The Hall–Kier alpha value is -3.88. The van der Waals surface area contributed by atoms with Gasteiger partial charge in [0.15, 0.2) is 0 Å². The van der Waals surface area contributed by atoms with Gasteiger partial charge in [-0.05, 0) is 35.0 Å². The molecular weight excluding hydrogens is 464 g/mol. The zero-order valence-electron chi connectivity index (χ0n) is 20.1. The minimum atomic E-state index is -0.476. The Morgan fingerprint density at radius 3 is 1.44 bits per heavy atom. The molecule has 0 aliphatic heterocycles. The van der Waals surface area contributed by atoms with Crippen LogP contribution in [0.3, 0.4) is 0 Å². The van der Waals surface area contributed by atoms with E-state index in [1.54, 1.807) is 0 Å². The first-order chi connectivity index (χ1) is 17.6. The monoisotopic (exact) mass is 494 g/mol. The minimum absolute atomic E-state index is 0.162. The van der Waals surface area contributed by atoms with Crippen LogP contribution < -0.4 is 9.47 Å². The molecule has 190 valence electrons. The van der Waals surface area contributed by atoms with Crippen molar-refractivity contribution in [1.29, 1.82) is 0 Å². The van der Waals surface area contributed by atoms with Gasteiger partial charge in [0.25, 0.3) is 0 Å². The average Bonchev–Trinajstić information content (AvgIpc) is 2.91. The largest absolute Gasteiger partial charge is 0.491 e. The van der Waals surface area contributed by atoms with E-state index in [9.17, 15) is 9.59 Å². The van der Waals surface area contributed by atoms with E-state index >= 15 is 0 Å². The third kappa shape index (κ3) is 8.11. The third-order valence-electron chi connectivity index (χ3n) is 5.05. The smallest absolute Gasteiger partial charge is 0.330 e. The van der Waals surface area contributed by atoms with E-state index in [4.69, 9.17) is 28.4 Å². The van der Waals surface area contributed by atoms with Crippen molar-refractivity contribution in [3.63, 3.8) is 0 Å². The normalized spacial score (nSPS) is 10.7. The predicted molar refractivity (Wildman–Crippen MR) is 136 cm³/mol. The van der Waals surface area contributed by atoms with Gasteiger partial charge in [0, 0.05) is 22.9 Å². The van der Waals surface area contributed by atoms with Gasteiger partial charge in [-0.2, -0.15) is 0 Å². The molecular formula is C28H30O8. The fourth-order valence-corrected chi connectivity index (χ4v) is 3.38. The Bertz CT molecular complexity index is 1090. The van der Waals surface area contributed by atoms with Crippen LogP contribution in [0, 0.1) is 0 Å². The summed E-state index contributed by atoms with van der Waals surface area (Å²) >= 11 is 0. The molecule has 3 aromatic carbocycles. The van der Waals surface area contributed by atoms with E-state index in [0.29, 0.717) is 37.9 Å². The molecule has 0 saturated heterocycles. The standard InChI is InChI=1S/C28H30O8/c1-3-27(29)35-17-13-31-11-15-33-25-9-10-26(34-16-12-32-14-18-36-28(30)4-2)24-20-22-8-6-5-7-21(22)19-23(24)25/h3-10,19-20H,1-2,11-18H2. The van der Waals surface area contributed by atoms with Crippen LogP contribution in [0.25, 0.3) is 21.5 Å². The summed E-state index contributed by atoms with van der Waals surface area (Å²) in [4.78, 5) is 22.1. The van der Waals surface area contributed by atoms with Crippen LogP contribution in [0.2, 0.25) is 0 Å². The quantitative estimate of drug-likeness (QED) is 0.126. The minimum Gasteiger partial charge on any atom is -0.491 e. The number of ether oxygens (including phenoxy) is 6. The van der Waals surface area contributed by atoms with Crippen molar-refractivity contribution in [2.45, 2.75) is 0 Å². The number of esters is 2. The van der Waals surface area contributed by atoms with E-state index in [1.807, 2.05) is 36.4 Å². The Balaban J connectivity index is 1.58. The lowest BCUT2D eigenvalue weighted by Gasteiger charge is -2.15. The molecule has 0 bridgehead atoms. The molecule has 0 heterocycles. The van der Waals surface area contributed by atoms with Gasteiger partial charge in [0.2, 0.25) is 0 Å². The summed E-state index contributed by atoms with van der Waals surface area (Å²) in [6.45, 7) is 8.93. The van der Waals surface area contributed by atoms with E-state index < -0.39 is 11.9 Å². The first kappa shape index (κ1) is 26.7. The first-order valence-electron chi connectivity index (χ1n) is 11.6. The zero-order chi connectivity index (χ0) is 25.6. The molecule has 3 aromatic rings. The fraction of sp³-hybridized carbons (Fsp3) is 0.286. The Morgan fingerprint density at radius 2 is 1.03 bits per heavy atom. The summed E-state index contributed by atoms with van der Waals surface area (Å²) in [5, 5.41) is 4.01. The van der Waals surface area contributed by atoms with Crippen LogP contribution in [0.15, 0.2) is 73.8 Å². The fourth-order valence-electron chi connectivity index (χ4n) is 3.38. The van der Waals surface area contributed by atoms with Crippen molar-refractivity contribution in [2.24, 2.45) is 0 Å². The van der Waals surface area contributed by atoms with Crippen LogP contribution in [-0.2, 0) is 28.5 Å². The maximum absolute atomic E-state index is 11.0. The molecule has 0 unspecified atom stereocenters. The summed E-state index contributed by atoms with van der Waals surface area (Å²) in [6, 6.07) is 16.0. The van der Waals surface area contributed by atoms with Crippen molar-refractivity contribution < 1.29 is 38.0 Å². The molecule has 0 fully saturated rings. The second-order valence-corrected chi connectivity index (χ2v) is 7.47. The highest BCUT2D eigenvalue weighted by molar-refractivity contribution is 6.03. The second-order valence-electron chi connectivity index (χ2n) is 7.47. The zero-order valence-corrected chi connectivity index (χ0v) is 20.1. The van der Waals surface area contributed by atoms with Crippen LogP contribution in [0.5, 0.6) is 11.5 Å².